The Morgan fingerprint density at radius 3 is 2.73 bits per heavy atom. The highest BCUT2D eigenvalue weighted by Gasteiger charge is 2.29. The highest BCUT2D eigenvalue weighted by atomic mass is 127. The second-order valence-corrected chi connectivity index (χ2v) is 5.59. The molecule has 0 aliphatic carbocycles. The van der Waals surface area contributed by atoms with E-state index < -0.39 is 0 Å². The summed E-state index contributed by atoms with van der Waals surface area (Å²) in [6.45, 7) is 0.581. The molecule has 0 aromatic heterocycles. The first-order valence-electron chi connectivity index (χ1n) is 4.47. The van der Waals surface area contributed by atoms with Gasteiger partial charge in [0.25, 0.3) is 0 Å². The topological polar surface area (TPSA) is 20.3 Å². The summed E-state index contributed by atoms with van der Waals surface area (Å²) in [5, 5.41) is 0.624. The van der Waals surface area contributed by atoms with Crippen molar-refractivity contribution in [3.8, 4) is 0 Å². The van der Waals surface area contributed by atoms with Gasteiger partial charge in [-0.3, -0.25) is 4.79 Å². The van der Waals surface area contributed by atoms with Crippen molar-refractivity contribution in [3.63, 3.8) is 0 Å². The van der Waals surface area contributed by atoms with Crippen LogP contribution in [0.25, 0.3) is 0 Å². The molecule has 1 fully saturated rings. The number of carbonyl (C=O) groups is 1. The van der Waals surface area contributed by atoms with Crippen molar-refractivity contribution in [1.82, 2.24) is 0 Å². The van der Waals surface area contributed by atoms with Crippen molar-refractivity contribution < 1.29 is 4.79 Å². The van der Waals surface area contributed by atoms with Gasteiger partial charge in [0.2, 0.25) is 5.91 Å². The number of amides is 1. The summed E-state index contributed by atoms with van der Waals surface area (Å²) in [5.41, 5.74) is 0.872. The van der Waals surface area contributed by atoms with E-state index in [0.29, 0.717) is 18.0 Å². The van der Waals surface area contributed by atoms with Crippen molar-refractivity contribution in [2.24, 2.45) is 0 Å². The molecule has 0 spiro atoms. The fourth-order valence-corrected chi connectivity index (χ4v) is 2.45. The van der Waals surface area contributed by atoms with Crippen LogP contribution in [0.3, 0.4) is 0 Å². The molecule has 1 atom stereocenters. The molecular weight excluding hydrogens is 348 g/mol. The Balaban J connectivity index is 2.30. The van der Waals surface area contributed by atoms with Crippen molar-refractivity contribution in [2.75, 3.05) is 11.4 Å². The first-order valence-corrected chi connectivity index (χ1v) is 6.36. The smallest absolute Gasteiger partial charge is 0.228 e. The van der Waals surface area contributed by atoms with Crippen molar-refractivity contribution >= 4 is 57.4 Å². The number of benzene rings is 1. The van der Waals surface area contributed by atoms with E-state index >= 15 is 0 Å². The highest BCUT2D eigenvalue weighted by Crippen LogP contribution is 2.28. The summed E-state index contributed by atoms with van der Waals surface area (Å²) in [6, 6.07) is 5.54. The van der Waals surface area contributed by atoms with E-state index in [1.165, 1.54) is 0 Å². The molecule has 1 unspecified atom stereocenters. The van der Waals surface area contributed by atoms with Crippen LogP contribution in [0.4, 0.5) is 5.69 Å². The van der Waals surface area contributed by atoms with Gasteiger partial charge in [0.05, 0.1) is 10.4 Å². The van der Waals surface area contributed by atoms with Crippen LogP contribution in [0, 0.1) is 3.57 Å². The third kappa shape index (κ3) is 2.40. The number of hydrogen-bond acceptors (Lipinski definition) is 1. The van der Waals surface area contributed by atoms with Crippen molar-refractivity contribution in [2.45, 2.75) is 11.8 Å². The molecule has 80 valence electrons. The Bertz CT molecular complexity index is 410. The van der Waals surface area contributed by atoms with Crippen LogP contribution in [0.5, 0.6) is 0 Å². The van der Waals surface area contributed by atoms with Crippen LogP contribution in [0.1, 0.15) is 6.42 Å². The molecule has 1 aliphatic rings. The van der Waals surface area contributed by atoms with Gasteiger partial charge >= 0.3 is 0 Å². The number of hydrogen-bond donors (Lipinski definition) is 0. The zero-order valence-electron chi connectivity index (χ0n) is 7.71. The molecule has 0 saturated carbocycles. The van der Waals surface area contributed by atoms with Crippen LogP contribution in [-0.4, -0.2) is 17.8 Å². The fourth-order valence-electron chi connectivity index (χ4n) is 1.57. The summed E-state index contributed by atoms with van der Waals surface area (Å²) in [4.78, 5) is 13.3. The Labute approximate surface area is 112 Å². The summed E-state index contributed by atoms with van der Waals surface area (Å²) in [5.74, 6) is 0.0770. The third-order valence-corrected chi connectivity index (χ3v) is 4.13. The molecule has 0 bridgehead atoms. The van der Waals surface area contributed by atoms with Crippen molar-refractivity contribution in [1.29, 1.82) is 0 Å². The lowest BCUT2D eigenvalue weighted by Gasteiger charge is -2.16. The summed E-state index contributed by atoms with van der Waals surface area (Å²) >= 11 is 14.0. The number of anilines is 1. The molecule has 2 rings (SSSR count). The average Bonchev–Trinajstić information content (AvgIpc) is 2.50. The number of halogens is 3. The molecule has 15 heavy (non-hydrogen) atoms. The zero-order chi connectivity index (χ0) is 11.0. The van der Waals surface area contributed by atoms with Gasteiger partial charge in [-0.05, 0) is 40.8 Å². The Hall–Kier alpha value is -0.000000000000000111. The maximum absolute atomic E-state index is 11.6. The maximum atomic E-state index is 11.6. The summed E-state index contributed by atoms with van der Waals surface area (Å²) in [7, 11) is 0. The minimum absolute atomic E-state index is 0.0770. The molecule has 0 radical (unpaired) electrons. The number of nitrogens with zero attached hydrogens (tertiary/aromatic N) is 1. The summed E-state index contributed by atoms with van der Waals surface area (Å²) < 4.78 is 0.942. The van der Waals surface area contributed by atoms with E-state index in [-0.39, 0.29) is 11.3 Å². The molecule has 5 heteroatoms. The molecule has 2 nitrogen and oxygen atoms in total. The van der Waals surface area contributed by atoms with Crippen LogP contribution >= 0.6 is 45.8 Å². The minimum Gasteiger partial charge on any atom is -0.311 e. The van der Waals surface area contributed by atoms with Crippen molar-refractivity contribution in [3.05, 3.63) is 26.8 Å². The Kier molecular flexibility index (Phi) is 3.42. The molecule has 1 aliphatic heterocycles. The minimum atomic E-state index is -0.0779. The zero-order valence-corrected chi connectivity index (χ0v) is 11.4. The number of carbonyl (C=O) groups excluding carboxylic acids is 1. The lowest BCUT2D eigenvalue weighted by molar-refractivity contribution is -0.117. The second-order valence-electron chi connectivity index (χ2n) is 3.40. The molecule has 1 amide bonds. The van der Waals surface area contributed by atoms with Crippen LogP contribution in [0.2, 0.25) is 5.02 Å². The van der Waals surface area contributed by atoms with Gasteiger partial charge in [-0.1, -0.05) is 11.6 Å². The SMILES string of the molecule is O=C1CC(Cl)CN1c1ccc(Cl)c(I)c1. The van der Waals surface area contributed by atoms with Gasteiger partial charge in [-0.2, -0.15) is 0 Å². The summed E-state index contributed by atoms with van der Waals surface area (Å²) in [6.07, 6.45) is 0.417. The largest absolute Gasteiger partial charge is 0.311 e. The lowest BCUT2D eigenvalue weighted by Crippen LogP contribution is -2.24. The molecule has 1 heterocycles. The number of alkyl halides is 1. The average molecular weight is 356 g/mol. The maximum Gasteiger partial charge on any atom is 0.228 e. The standard InChI is InChI=1S/C10H8Cl2INO/c11-6-3-10(15)14(5-6)7-1-2-8(12)9(13)4-7/h1-2,4,6H,3,5H2. The van der Waals surface area contributed by atoms with Gasteiger partial charge in [0, 0.05) is 22.2 Å². The van der Waals surface area contributed by atoms with Crippen LogP contribution in [-0.2, 0) is 4.79 Å². The molecular formula is C10H8Cl2INO. The van der Waals surface area contributed by atoms with Crippen LogP contribution in [0.15, 0.2) is 18.2 Å². The van der Waals surface area contributed by atoms with Gasteiger partial charge in [-0.15, -0.1) is 11.6 Å². The second kappa shape index (κ2) is 4.47. The van der Waals surface area contributed by atoms with Gasteiger partial charge in [0.1, 0.15) is 0 Å². The van der Waals surface area contributed by atoms with Gasteiger partial charge in [-0.25, -0.2) is 0 Å². The third-order valence-electron chi connectivity index (χ3n) is 2.29. The van der Waals surface area contributed by atoms with Gasteiger partial charge < -0.3 is 4.90 Å². The van der Waals surface area contributed by atoms with E-state index in [1.54, 1.807) is 11.0 Å². The Morgan fingerprint density at radius 1 is 1.47 bits per heavy atom. The fraction of sp³-hybridized carbons (Fsp3) is 0.300. The molecule has 1 aromatic carbocycles. The number of rotatable bonds is 1. The predicted molar refractivity (Wildman–Crippen MR) is 70.8 cm³/mol. The van der Waals surface area contributed by atoms with Gasteiger partial charge in [0.15, 0.2) is 0 Å². The van der Waals surface area contributed by atoms with E-state index in [1.807, 2.05) is 12.1 Å². The monoisotopic (exact) mass is 355 g/mol. The quantitative estimate of drug-likeness (QED) is 0.559. The van der Waals surface area contributed by atoms with E-state index in [2.05, 4.69) is 22.6 Å². The Morgan fingerprint density at radius 2 is 2.20 bits per heavy atom. The highest BCUT2D eigenvalue weighted by molar-refractivity contribution is 14.1. The first kappa shape index (κ1) is 11.5. The predicted octanol–water partition coefficient (Wildman–Crippen LogP) is 3.29. The van der Waals surface area contributed by atoms with Crippen LogP contribution < -0.4 is 4.90 Å². The molecule has 1 aromatic rings. The molecule has 1 saturated heterocycles. The van der Waals surface area contributed by atoms with E-state index in [4.69, 9.17) is 23.2 Å². The lowest BCUT2D eigenvalue weighted by atomic mass is 10.3. The van der Waals surface area contributed by atoms with E-state index in [9.17, 15) is 4.79 Å². The first-order chi connectivity index (χ1) is 7.08. The molecule has 0 N–H and O–H groups in total. The van der Waals surface area contributed by atoms with E-state index in [0.717, 1.165) is 9.26 Å². The normalized spacial score (nSPS) is 21.1.